The molecule has 0 aliphatic heterocycles. The quantitative estimate of drug-likeness (QED) is 0.888. The van der Waals surface area contributed by atoms with Gasteiger partial charge in [-0.05, 0) is 52.4 Å². The van der Waals surface area contributed by atoms with E-state index in [9.17, 15) is 5.11 Å². The minimum atomic E-state index is -0.441. The van der Waals surface area contributed by atoms with Crippen LogP contribution in [0.2, 0.25) is 0 Å². The zero-order valence-electron chi connectivity index (χ0n) is 10.3. The van der Waals surface area contributed by atoms with Gasteiger partial charge in [-0.15, -0.1) is 12.4 Å². The third-order valence-corrected chi connectivity index (χ3v) is 4.18. The molecule has 0 spiro atoms. The number of hydrogen-bond acceptors (Lipinski definition) is 3. The van der Waals surface area contributed by atoms with E-state index in [1.165, 1.54) is 6.42 Å². The Morgan fingerprint density at radius 3 is 2.56 bits per heavy atom. The average Bonchev–Trinajstić information content (AvgIpc) is 2.25. The molecule has 0 heterocycles. The lowest BCUT2D eigenvalue weighted by molar-refractivity contribution is 0.0413. The molecule has 1 aliphatic rings. The number of hydrogen-bond donors (Lipinski definition) is 2. The van der Waals surface area contributed by atoms with Gasteiger partial charge in [0, 0.05) is 0 Å². The van der Waals surface area contributed by atoms with Crippen LogP contribution in [0, 0.1) is 5.92 Å². The molecule has 1 aliphatic carbocycles. The molecule has 0 saturated heterocycles. The van der Waals surface area contributed by atoms with Crippen LogP contribution in [0.5, 0.6) is 5.75 Å². The fraction of sp³-hybridized carbons (Fsp3) is 0.538. The van der Waals surface area contributed by atoms with Gasteiger partial charge in [-0.25, -0.2) is 0 Å². The SMILES string of the molecule is COc1ccc([C@H](N)[C@H](O)C2CCC2)cc1Br.Cl. The van der Waals surface area contributed by atoms with E-state index >= 15 is 0 Å². The smallest absolute Gasteiger partial charge is 0.133 e. The van der Waals surface area contributed by atoms with Gasteiger partial charge in [0.1, 0.15) is 5.75 Å². The van der Waals surface area contributed by atoms with Gasteiger partial charge >= 0.3 is 0 Å². The molecule has 3 N–H and O–H groups in total. The van der Waals surface area contributed by atoms with E-state index in [4.69, 9.17) is 10.5 Å². The Balaban J connectivity index is 0.00000162. The molecule has 2 rings (SSSR count). The summed E-state index contributed by atoms with van der Waals surface area (Å²) in [5, 5.41) is 10.1. The predicted molar refractivity (Wildman–Crippen MR) is 78.2 cm³/mol. The molecular formula is C13H19BrClNO2. The lowest BCUT2D eigenvalue weighted by Gasteiger charge is -2.33. The van der Waals surface area contributed by atoms with Crippen molar-refractivity contribution in [2.24, 2.45) is 11.7 Å². The summed E-state index contributed by atoms with van der Waals surface area (Å²) in [7, 11) is 1.63. The number of halogens is 2. The summed E-state index contributed by atoms with van der Waals surface area (Å²) in [5.74, 6) is 1.14. The molecule has 0 bridgehead atoms. The third-order valence-electron chi connectivity index (χ3n) is 3.56. The minimum Gasteiger partial charge on any atom is -0.496 e. The van der Waals surface area contributed by atoms with Crippen molar-refractivity contribution in [1.82, 2.24) is 0 Å². The molecule has 0 unspecified atom stereocenters. The first-order valence-corrected chi connectivity index (χ1v) is 6.70. The molecule has 0 aromatic heterocycles. The van der Waals surface area contributed by atoms with E-state index in [0.29, 0.717) is 5.92 Å². The van der Waals surface area contributed by atoms with Crippen LogP contribution in [0.15, 0.2) is 22.7 Å². The maximum atomic E-state index is 10.1. The van der Waals surface area contributed by atoms with Gasteiger partial charge in [-0.2, -0.15) is 0 Å². The van der Waals surface area contributed by atoms with Crippen molar-refractivity contribution in [3.8, 4) is 5.75 Å². The van der Waals surface area contributed by atoms with Crippen molar-refractivity contribution >= 4 is 28.3 Å². The summed E-state index contributed by atoms with van der Waals surface area (Å²) >= 11 is 3.43. The van der Waals surface area contributed by atoms with Gasteiger partial charge in [-0.1, -0.05) is 12.5 Å². The number of rotatable bonds is 4. The molecule has 2 atom stereocenters. The summed E-state index contributed by atoms with van der Waals surface area (Å²) in [6.07, 6.45) is 2.95. The summed E-state index contributed by atoms with van der Waals surface area (Å²) < 4.78 is 6.04. The van der Waals surface area contributed by atoms with Gasteiger partial charge in [0.05, 0.1) is 23.7 Å². The van der Waals surface area contributed by atoms with Crippen LogP contribution < -0.4 is 10.5 Å². The monoisotopic (exact) mass is 335 g/mol. The highest BCUT2D eigenvalue weighted by Crippen LogP contribution is 2.35. The van der Waals surface area contributed by atoms with E-state index in [1.54, 1.807) is 7.11 Å². The Morgan fingerprint density at radius 2 is 2.11 bits per heavy atom. The number of methoxy groups -OCH3 is 1. The zero-order valence-corrected chi connectivity index (χ0v) is 12.7. The van der Waals surface area contributed by atoms with E-state index in [1.807, 2.05) is 18.2 Å². The molecule has 0 radical (unpaired) electrons. The van der Waals surface area contributed by atoms with Crippen molar-refractivity contribution in [2.75, 3.05) is 7.11 Å². The standard InChI is InChI=1S/C13H18BrNO2.ClH/c1-17-11-6-5-9(7-10(11)14)12(15)13(16)8-3-2-4-8;/h5-8,12-13,16H,2-4,15H2,1H3;1H/t12-,13+;/m0./s1. The fourth-order valence-electron chi connectivity index (χ4n) is 2.16. The van der Waals surface area contributed by atoms with Gasteiger partial charge < -0.3 is 15.6 Å². The van der Waals surface area contributed by atoms with Crippen molar-refractivity contribution < 1.29 is 9.84 Å². The van der Waals surface area contributed by atoms with E-state index < -0.39 is 6.10 Å². The van der Waals surface area contributed by atoms with Gasteiger partial charge in [0.2, 0.25) is 0 Å². The van der Waals surface area contributed by atoms with Crippen molar-refractivity contribution in [2.45, 2.75) is 31.4 Å². The maximum Gasteiger partial charge on any atom is 0.133 e. The number of ether oxygens (including phenoxy) is 1. The summed E-state index contributed by atoms with van der Waals surface area (Å²) in [5.41, 5.74) is 7.04. The highest BCUT2D eigenvalue weighted by Gasteiger charge is 2.30. The van der Waals surface area contributed by atoms with Gasteiger partial charge in [0.15, 0.2) is 0 Å². The van der Waals surface area contributed by atoms with Crippen molar-refractivity contribution in [1.29, 1.82) is 0 Å². The Labute approximate surface area is 122 Å². The second-order valence-corrected chi connectivity index (χ2v) is 5.46. The Morgan fingerprint density at radius 1 is 1.44 bits per heavy atom. The first kappa shape index (κ1) is 15.8. The number of benzene rings is 1. The summed E-state index contributed by atoms with van der Waals surface area (Å²) in [4.78, 5) is 0. The van der Waals surface area contributed by atoms with Crippen LogP contribution in [-0.2, 0) is 0 Å². The predicted octanol–water partition coefficient (Wildman–Crippen LogP) is 3.04. The molecule has 5 heteroatoms. The number of nitrogens with two attached hydrogens (primary N) is 1. The summed E-state index contributed by atoms with van der Waals surface area (Å²) in [6.45, 7) is 0. The average molecular weight is 337 g/mol. The Hall–Kier alpha value is -0.290. The summed E-state index contributed by atoms with van der Waals surface area (Å²) in [6, 6.07) is 5.39. The first-order chi connectivity index (χ1) is 8.13. The molecule has 0 amide bonds. The minimum absolute atomic E-state index is 0. The maximum absolute atomic E-state index is 10.1. The first-order valence-electron chi connectivity index (χ1n) is 5.90. The molecule has 1 aromatic carbocycles. The molecular weight excluding hydrogens is 318 g/mol. The van der Waals surface area contributed by atoms with E-state index in [-0.39, 0.29) is 18.4 Å². The highest BCUT2D eigenvalue weighted by atomic mass is 79.9. The molecule has 1 fully saturated rings. The number of aliphatic hydroxyl groups is 1. The lowest BCUT2D eigenvalue weighted by Crippen LogP contribution is -2.36. The van der Waals surface area contributed by atoms with Gasteiger partial charge in [0.25, 0.3) is 0 Å². The largest absolute Gasteiger partial charge is 0.496 e. The third kappa shape index (κ3) is 3.18. The van der Waals surface area contributed by atoms with Crippen LogP contribution in [0.1, 0.15) is 30.9 Å². The fourth-order valence-corrected chi connectivity index (χ4v) is 2.72. The molecule has 1 aromatic rings. The number of aliphatic hydroxyl groups excluding tert-OH is 1. The van der Waals surface area contributed by atoms with Crippen LogP contribution >= 0.6 is 28.3 Å². The van der Waals surface area contributed by atoms with Gasteiger partial charge in [-0.3, -0.25) is 0 Å². The zero-order chi connectivity index (χ0) is 12.4. The second-order valence-electron chi connectivity index (χ2n) is 4.60. The van der Waals surface area contributed by atoms with E-state index in [2.05, 4.69) is 15.9 Å². The van der Waals surface area contributed by atoms with Crippen molar-refractivity contribution in [3.63, 3.8) is 0 Å². The second kappa shape index (κ2) is 6.75. The molecule has 102 valence electrons. The van der Waals surface area contributed by atoms with Crippen LogP contribution in [0.4, 0.5) is 0 Å². The van der Waals surface area contributed by atoms with Crippen LogP contribution in [-0.4, -0.2) is 18.3 Å². The van der Waals surface area contributed by atoms with E-state index in [0.717, 1.165) is 28.6 Å². The lowest BCUT2D eigenvalue weighted by atomic mass is 9.77. The van der Waals surface area contributed by atoms with Crippen LogP contribution in [0.3, 0.4) is 0 Å². The Bertz CT molecular complexity index is 399. The highest BCUT2D eigenvalue weighted by molar-refractivity contribution is 9.10. The molecule has 18 heavy (non-hydrogen) atoms. The Kier molecular flexibility index (Phi) is 5.92. The molecule has 3 nitrogen and oxygen atoms in total. The van der Waals surface area contributed by atoms with Crippen molar-refractivity contribution in [3.05, 3.63) is 28.2 Å². The topological polar surface area (TPSA) is 55.5 Å². The van der Waals surface area contributed by atoms with Crippen LogP contribution in [0.25, 0.3) is 0 Å². The normalized spacial score (nSPS) is 18.4. The molecule has 1 saturated carbocycles.